The molecular formula is C23H22N2O4. The molecule has 2 aliphatic carbocycles. The number of amides is 3. The number of benzene rings is 1. The molecule has 1 aromatic carbocycles. The van der Waals surface area contributed by atoms with Crippen LogP contribution < -0.4 is 5.32 Å². The summed E-state index contributed by atoms with van der Waals surface area (Å²) in [5.74, 6) is -0.508. The number of furan rings is 1. The highest BCUT2D eigenvalue weighted by Crippen LogP contribution is 2.52. The fourth-order valence-electron chi connectivity index (χ4n) is 5.08. The Morgan fingerprint density at radius 2 is 1.72 bits per heavy atom. The molecule has 148 valence electrons. The number of nitrogens with zero attached hydrogens (tertiary/aromatic N) is 1. The van der Waals surface area contributed by atoms with E-state index in [9.17, 15) is 14.4 Å². The van der Waals surface area contributed by atoms with Gasteiger partial charge in [-0.15, -0.1) is 0 Å². The summed E-state index contributed by atoms with van der Waals surface area (Å²) in [4.78, 5) is 40.8. The van der Waals surface area contributed by atoms with E-state index in [0.29, 0.717) is 12.2 Å². The van der Waals surface area contributed by atoms with E-state index in [4.69, 9.17) is 4.42 Å². The van der Waals surface area contributed by atoms with Crippen molar-refractivity contribution < 1.29 is 18.8 Å². The van der Waals surface area contributed by atoms with Crippen molar-refractivity contribution in [2.75, 3.05) is 0 Å². The first-order valence-corrected chi connectivity index (χ1v) is 10.0. The second kappa shape index (κ2) is 7.03. The van der Waals surface area contributed by atoms with E-state index in [1.54, 1.807) is 18.4 Å². The minimum Gasteiger partial charge on any atom is -0.467 e. The minimum atomic E-state index is -0.864. The van der Waals surface area contributed by atoms with E-state index in [0.717, 1.165) is 12.0 Å². The van der Waals surface area contributed by atoms with E-state index in [1.165, 1.54) is 4.90 Å². The monoisotopic (exact) mass is 390 g/mol. The van der Waals surface area contributed by atoms with Crippen molar-refractivity contribution in [2.45, 2.75) is 25.4 Å². The second-order valence-corrected chi connectivity index (χ2v) is 8.05. The predicted octanol–water partition coefficient (Wildman–Crippen LogP) is 2.31. The molecule has 2 heterocycles. The quantitative estimate of drug-likeness (QED) is 0.606. The van der Waals surface area contributed by atoms with E-state index in [1.807, 2.05) is 30.3 Å². The van der Waals surface area contributed by atoms with E-state index >= 15 is 0 Å². The molecule has 29 heavy (non-hydrogen) atoms. The van der Waals surface area contributed by atoms with Crippen molar-refractivity contribution >= 4 is 17.7 Å². The van der Waals surface area contributed by atoms with Gasteiger partial charge < -0.3 is 9.73 Å². The van der Waals surface area contributed by atoms with Crippen molar-refractivity contribution in [3.63, 3.8) is 0 Å². The molecule has 1 saturated heterocycles. The van der Waals surface area contributed by atoms with Gasteiger partial charge in [-0.2, -0.15) is 0 Å². The molecule has 1 aliphatic heterocycles. The summed E-state index contributed by atoms with van der Waals surface area (Å²) in [6.07, 6.45) is 6.83. The minimum absolute atomic E-state index is 0.120. The number of fused-ring (bicyclic) bond motifs is 5. The molecule has 6 heteroatoms. The van der Waals surface area contributed by atoms with Crippen LogP contribution in [0.3, 0.4) is 0 Å². The largest absolute Gasteiger partial charge is 0.467 e. The molecule has 3 amide bonds. The van der Waals surface area contributed by atoms with Crippen molar-refractivity contribution in [3.05, 3.63) is 72.2 Å². The maximum atomic E-state index is 13.2. The molecule has 1 N–H and O–H groups in total. The zero-order chi connectivity index (χ0) is 20.0. The van der Waals surface area contributed by atoms with Gasteiger partial charge in [0.15, 0.2) is 0 Å². The molecule has 0 radical (unpaired) electrons. The zero-order valence-corrected chi connectivity index (χ0v) is 15.9. The lowest BCUT2D eigenvalue weighted by atomic mass is 9.85. The first-order valence-electron chi connectivity index (χ1n) is 10.0. The fraction of sp³-hybridized carbons (Fsp3) is 0.348. The Balaban J connectivity index is 1.41. The number of hydrogen-bond acceptors (Lipinski definition) is 4. The van der Waals surface area contributed by atoms with Gasteiger partial charge in [0.25, 0.3) is 0 Å². The number of allylic oxidation sites excluding steroid dienone is 2. The Bertz CT molecular complexity index is 936. The van der Waals surface area contributed by atoms with Gasteiger partial charge in [0, 0.05) is 6.42 Å². The number of hydrogen-bond donors (Lipinski definition) is 1. The van der Waals surface area contributed by atoms with Crippen LogP contribution in [-0.2, 0) is 27.3 Å². The Kier molecular flexibility index (Phi) is 4.34. The highest BCUT2D eigenvalue weighted by Gasteiger charge is 2.61. The smallest absolute Gasteiger partial charge is 0.244 e. The van der Waals surface area contributed by atoms with Crippen LogP contribution in [0.1, 0.15) is 17.7 Å². The van der Waals surface area contributed by atoms with Gasteiger partial charge in [-0.05, 0) is 36.0 Å². The maximum absolute atomic E-state index is 13.2. The van der Waals surface area contributed by atoms with Crippen LogP contribution >= 0.6 is 0 Å². The number of likely N-dealkylation sites (tertiary alicyclic amines) is 1. The molecule has 3 aliphatic rings. The van der Waals surface area contributed by atoms with Gasteiger partial charge >= 0.3 is 0 Å². The van der Waals surface area contributed by atoms with E-state index < -0.39 is 6.04 Å². The highest BCUT2D eigenvalue weighted by atomic mass is 16.3. The van der Waals surface area contributed by atoms with Crippen LogP contribution in [0.25, 0.3) is 0 Å². The van der Waals surface area contributed by atoms with Gasteiger partial charge in [0.1, 0.15) is 11.8 Å². The lowest BCUT2D eigenvalue weighted by Gasteiger charge is -2.27. The van der Waals surface area contributed by atoms with Crippen molar-refractivity contribution in [1.29, 1.82) is 0 Å². The Morgan fingerprint density at radius 1 is 1.03 bits per heavy atom. The van der Waals surface area contributed by atoms with Crippen LogP contribution in [-0.4, -0.2) is 28.7 Å². The SMILES string of the molecule is O=C(NCc1ccco1)[C@H](Cc1ccccc1)N1C(=O)[C@H]2[C@H](C1=O)[C@H]1C=C[C@H]2C1. The maximum Gasteiger partial charge on any atom is 0.244 e. The first kappa shape index (κ1) is 17.9. The zero-order valence-electron chi connectivity index (χ0n) is 15.9. The molecule has 5 rings (SSSR count). The third kappa shape index (κ3) is 2.99. The van der Waals surface area contributed by atoms with E-state index in [-0.39, 0.29) is 47.9 Å². The number of carbonyl (C=O) groups is 3. The molecule has 0 unspecified atom stereocenters. The summed E-state index contributed by atoms with van der Waals surface area (Å²) in [6.45, 7) is 0.215. The van der Waals surface area contributed by atoms with Crippen LogP contribution in [0.5, 0.6) is 0 Å². The number of imide groups is 1. The van der Waals surface area contributed by atoms with Gasteiger partial charge in [-0.1, -0.05) is 42.5 Å². The average Bonchev–Trinajstić information content (AvgIpc) is 3.51. The lowest BCUT2D eigenvalue weighted by Crippen LogP contribution is -2.51. The third-order valence-electron chi connectivity index (χ3n) is 6.41. The van der Waals surface area contributed by atoms with Crippen molar-refractivity contribution in [2.24, 2.45) is 23.7 Å². The van der Waals surface area contributed by atoms with Gasteiger partial charge in [0.2, 0.25) is 17.7 Å². The molecule has 1 aromatic heterocycles. The van der Waals surface area contributed by atoms with Crippen LogP contribution in [0.15, 0.2) is 65.3 Å². The van der Waals surface area contributed by atoms with Gasteiger partial charge in [-0.3, -0.25) is 19.3 Å². The molecule has 1 saturated carbocycles. The summed E-state index contributed by atoms with van der Waals surface area (Å²) < 4.78 is 5.28. The Morgan fingerprint density at radius 3 is 2.34 bits per heavy atom. The summed E-state index contributed by atoms with van der Waals surface area (Å²) >= 11 is 0. The topological polar surface area (TPSA) is 79.6 Å². The standard InChI is InChI=1S/C23H22N2O4/c26-21(24-13-17-7-4-10-29-17)18(11-14-5-2-1-3-6-14)25-22(27)19-15-8-9-16(12-15)20(19)23(25)28/h1-10,15-16,18-20H,11-13H2,(H,24,26)/t15-,16-,18-,19+,20+/m0/s1. The predicted molar refractivity (Wildman–Crippen MR) is 104 cm³/mol. The number of rotatable bonds is 6. The molecule has 2 fully saturated rings. The van der Waals surface area contributed by atoms with E-state index in [2.05, 4.69) is 17.5 Å². The molecular weight excluding hydrogens is 368 g/mol. The lowest BCUT2D eigenvalue weighted by molar-refractivity contribution is -0.148. The van der Waals surface area contributed by atoms with Crippen LogP contribution in [0.4, 0.5) is 0 Å². The van der Waals surface area contributed by atoms with Crippen molar-refractivity contribution in [3.8, 4) is 0 Å². The average molecular weight is 390 g/mol. The molecule has 5 atom stereocenters. The third-order valence-corrected chi connectivity index (χ3v) is 6.41. The van der Waals surface area contributed by atoms with Crippen LogP contribution in [0, 0.1) is 23.7 Å². The summed E-state index contributed by atoms with van der Waals surface area (Å²) in [6, 6.07) is 12.1. The Labute approximate surface area is 168 Å². The van der Waals surface area contributed by atoms with Gasteiger partial charge in [0.05, 0.1) is 24.6 Å². The van der Waals surface area contributed by atoms with Crippen LogP contribution in [0.2, 0.25) is 0 Å². The fourth-order valence-corrected chi connectivity index (χ4v) is 5.08. The summed E-state index contributed by atoms with van der Waals surface area (Å²) in [7, 11) is 0. The molecule has 2 aromatic rings. The highest BCUT2D eigenvalue weighted by molar-refractivity contribution is 6.09. The molecule has 6 nitrogen and oxygen atoms in total. The van der Waals surface area contributed by atoms with Gasteiger partial charge in [-0.25, -0.2) is 0 Å². The van der Waals surface area contributed by atoms with Crippen molar-refractivity contribution in [1.82, 2.24) is 10.2 Å². The second-order valence-electron chi connectivity index (χ2n) is 8.05. The Hall–Kier alpha value is -3.15. The number of carbonyl (C=O) groups excluding carboxylic acids is 3. The normalized spacial score (nSPS) is 28.1. The first-order chi connectivity index (χ1) is 14.1. The number of nitrogens with one attached hydrogen (secondary N) is 1. The molecule has 2 bridgehead atoms. The molecule has 0 spiro atoms. The summed E-state index contributed by atoms with van der Waals surface area (Å²) in [5.41, 5.74) is 0.907. The summed E-state index contributed by atoms with van der Waals surface area (Å²) in [5, 5.41) is 2.83.